The molecular formula is C24H27N3O7. The van der Waals surface area contributed by atoms with E-state index in [0.717, 1.165) is 11.3 Å². The first kappa shape index (κ1) is 24.7. The van der Waals surface area contributed by atoms with Crippen LogP contribution in [0.25, 0.3) is 10.9 Å². The van der Waals surface area contributed by atoms with E-state index in [9.17, 15) is 9.59 Å². The largest absolute Gasteiger partial charge is 0.487 e. The van der Waals surface area contributed by atoms with Gasteiger partial charge in [0.25, 0.3) is 0 Å². The molecule has 0 bridgehead atoms. The zero-order valence-electron chi connectivity index (χ0n) is 19.2. The van der Waals surface area contributed by atoms with Gasteiger partial charge < -0.3 is 29.7 Å². The number of carboxylic acid groups (broad SMARTS) is 2. The molecule has 180 valence electrons. The van der Waals surface area contributed by atoms with Gasteiger partial charge in [0, 0.05) is 17.1 Å². The van der Waals surface area contributed by atoms with Gasteiger partial charge >= 0.3 is 11.9 Å². The summed E-state index contributed by atoms with van der Waals surface area (Å²) in [5.74, 6) is -1.24. The molecule has 0 saturated heterocycles. The summed E-state index contributed by atoms with van der Waals surface area (Å²) < 4.78 is 16.1. The summed E-state index contributed by atoms with van der Waals surface area (Å²) in [6.07, 6.45) is 1.40. The Labute approximate surface area is 196 Å². The molecule has 0 fully saturated rings. The third-order valence-electron chi connectivity index (χ3n) is 4.75. The Morgan fingerprint density at radius 1 is 0.941 bits per heavy atom. The molecular weight excluding hydrogens is 442 g/mol. The predicted octanol–water partition coefficient (Wildman–Crippen LogP) is 3.61. The summed E-state index contributed by atoms with van der Waals surface area (Å²) >= 11 is 0. The van der Waals surface area contributed by atoms with Gasteiger partial charge in [-0.05, 0) is 29.2 Å². The van der Waals surface area contributed by atoms with E-state index in [0.29, 0.717) is 16.7 Å². The lowest BCUT2D eigenvalue weighted by atomic mass is 9.87. The van der Waals surface area contributed by atoms with Crippen LogP contribution in [0.15, 0.2) is 42.7 Å². The first-order valence-electron chi connectivity index (χ1n) is 10.6. The summed E-state index contributed by atoms with van der Waals surface area (Å²) in [5.41, 5.74) is 2.51. The molecule has 0 spiro atoms. The maximum atomic E-state index is 11.0. The first-order valence-corrected chi connectivity index (χ1v) is 10.6. The number of fused-ring (bicyclic) bond motifs is 1. The molecule has 1 heterocycles. The minimum atomic E-state index is -1.14. The van der Waals surface area contributed by atoms with Crippen molar-refractivity contribution in [3.05, 3.63) is 48.3 Å². The summed E-state index contributed by atoms with van der Waals surface area (Å²) in [6.45, 7) is 5.45. The molecule has 0 aliphatic heterocycles. The Bertz CT molecular complexity index is 1170. The molecule has 0 saturated carbocycles. The number of nitrogens with one attached hydrogen (secondary N) is 1. The van der Waals surface area contributed by atoms with E-state index in [1.807, 2.05) is 12.1 Å². The number of nitrogens with zero attached hydrogens (tertiary/aromatic N) is 2. The van der Waals surface area contributed by atoms with E-state index in [1.54, 1.807) is 12.1 Å². The van der Waals surface area contributed by atoms with Crippen molar-refractivity contribution in [2.75, 3.05) is 31.7 Å². The maximum Gasteiger partial charge on any atom is 0.341 e. The Morgan fingerprint density at radius 2 is 1.68 bits per heavy atom. The van der Waals surface area contributed by atoms with E-state index in [4.69, 9.17) is 24.4 Å². The third kappa shape index (κ3) is 6.79. The minimum Gasteiger partial charge on any atom is -0.487 e. The highest BCUT2D eigenvalue weighted by Gasteiger charge is 2.16. The van der Waals surface area contributed by atoms with E-state index in [1.165, 1.54) is 6.33 Å². The van der Waals surface area contributed by atoms with E-state index in [2.05, 4.69) is 48.2 Å². The lowest BCUT2D eigenvalue weighted by Crippen LogP contribution is -2.14. The first-order chi connectivity index (χ1) is 16.1. The average molecular weight is 469 g/mol. The molecule has 3 rings (SSSR count). The van der Waals surface area contributed by atoms with Gasteiger partial charge in [-0.2, -0.15) is 0 Å². The second-order valence-electron chi connectivity index (χ2n) is 8.47. The number of benzene rings is 2. The lowest BCUT2D eigenvalue weighted by Gasteiger charge is -2.20. The van der Waals surface area contributed by atoms with Crippen LogP contribution in [0.1, 0.15) is 26.3 Å². The van der Waals surface area contributed by atoms with Crippen LogP contribution >= 0.6 is 0 Å². The second-order valence-corrected chi connectivity index (χ2v) is 8.47. The van der Waals surface area contributed by atoms with Crippen LogP contribution in [-0.2, 0) is 19.7 Å². The number of ether oxygens (including phenoxy) is 3. The number of carboxylic acids is 2. The van der Waals surface area contributed by atoms with Crippen molar-refractivity contribution >= 4 is 34.3 Å². The topological polar surface area (TPSA) is 140 Å². The number of hydrogen-bond acceptors (Lipinski definition) is 8. The minimum absolute atomic E-state index is 0.0223. The summed E-state index contributed by atoms with van der Waals surface area (Å²) in [6, 6.07) is 11.2. The van der Waals surface area contributed by atoms with Gasteiger partial charge in [-0.15, -0.1) is 0 Å². The zero-order valence-corrected chi connectivity index (χ0v) is 19.2. The molecule has 0 atom stereocenters. The highest BCUT2D eigenvalue weighted by atomic mass is 16.6. The SMILES string of the molecule is CC(C)(C)c1cccc(Nc2ncnc3cc(OCC(=O)O)c(OCCOCC(=O)O)cc23)c1. The molecule has 3 aromatic rings. The van der Waals surface area contributed by atoms with Crippen LogP contribution in [0.3, 0.4) is 0 Å². The fraction of sp³-hybridized carbons (Fsp3) is 0.333. The van der Waals surface area contributed by atoms with Crippen molar-refractivity contribution in [2.45, 2.75) is 26.2 Å². The van der Waals surface area contributed by atoms with Gasteiger partial charge in [0.2, 0.25) is 0 Å². The van der Waals surface area contributed by atoms with Crippen molar-refractivity contribution in [1.29, 1.82) is 0 Å². The Morgan fingerprint density at radius 3 is 2.38 bits per heavy atom. The summed E-state index contributed by atoms with van der Waals surface area (Å²) in [7, 11) is 0. The molecule has 2 aromatic carbocycles. The normalized spacial score (nSPS) is 11.3. The highest BCUT2D eigenvalue weighted by molar-refractivity contribution is 5.93. The fourth-order valence-corrected chi connectivity index (χ4v) is 3.10. The standard InChI is InChI=1S/C24H27N3O7/c1-24(2,3)15-5-4-6-16(9-15)27-23-17-10-19(33-8-7-32-12-21(28)29)20(34-13-22(30)31)11-18(17)25-14-26-23/h4-6,9-11,14H,7-8,12-13H2,1-3H3,(H,28,29)(H,30,31)(H,25,26,27). The van der Waals surface area contributed by atoms with Crippen LogP contribution in [0.4, 0.5) is 11.5 Å². The molecule has 0 amide bonds. The van der Waals surface area contributed by atoms with Crippen LogP contribution in [0, 0.1) is 0 Å². The molecule has 3 N–H and O–H groups in total. The lowest BCUT2D eigenvalue weighted by molar-refractivity contribution is -0.142. The molecule has 1 aromatic heterocycles. The number of carbonyl (C=O) groups is 2. The number of aromatic nitrogens is 2. The van der Waals surface area contributed by atoms with Crippen LogP contribution < -0.4 is 14.8 Å². The van der Waals surface area contributed by atoms with Crippen molar-refractivity contribution in [3.63, 3.8) is 0 Å². The average Bonchev–Trinajstić information content (AvgIpc) is 2.77. The van der Waals surface area contributed by atoms with Crippen molar-refractivity contribution < 1.29 is 34.0 Å². The Kier molecular flexibility index (Phi) is 7.85. The molecule has 0 unspecified atom stereocenters. The Hall–Kier alpha value is -3.92. The second kappa shape index (κ2) is 10.8. The highest BCUT2D eigenvalue weighted by Crippen LogP contribution is 2.35. The van der Waals surface area contributed by atoms with E-state index < -0.39 is 25.2 Å². The fourth-order valence-electron chi connectivity index (χ4n) is 3.10. The van der Waals surface area contributed by atoms with Crippen LogP contribution in [-0.4, -0.2) is 58.5 Å². The van der Waals surface area contributed by atoms with E-state index >= 15 is 0 Å². The number of aliphatic carboxylic acids is 2. The molecule has 0 aliphatic carbocycles. The van der Waals surface area contributed by atoms with Crippen LogP contribution in [0.5, 0.6) is 11.5 Å². The summed E-state index contributed by atoms with van der Waals surface area (Å²) in [5, 5.41) is 21.6. The van der Waals surface area contributed by atoms with Crippen molar-refractivity contribution in [2.24, 2.45) is 0 Å². The molecule has 0 radical (unpaired) electrons. The van der Waals surface area contributed by atoms with Gasteiger partial charge in [0.15, 0.2) is 18.1 Å². The predicted molar refractivity (Wildman–Crippen MR) is 125 cm³/mol. The smallest absolute Gasteiger partial charge is 0.341 e. The molecule has 10 nitrogen and oxygen atoms in total. The van der Waals surface area contributed by atoms with Gasteiger partial charge in [-0.1, -0.05) is 32.9 Å². The van der Waals surface area contributed by atoms with E-state index in [-0.39, 0.29) is 30.1 Å². The zero-order chi connectivity index (χ0) is 24.7. The molecule has 10 heteroatoms. The number of hydrogen-bond donors (Lipinski definition) is 3. The number of anilines is 2. The van der Waals surface area contributed by atoms with Gasteiger partial charge in [0.05, 0.1) is 12.1 Å². The van der Waals surface area contributed by atoms with Crippen molar-refractivity contribution in [1.82, 2.24) is 9.97 Å². The maximum absolute atomic E-state index is 11.0. The third-order valence-corrected chi connectivity index (χ3v) is 4.75. The van der Waals surface area contributed by atoms with Gasteiger partial charge in [-0.25, -0.2) is 19.6 Å². The summed E-state index contributed by atoms with van der Waals surface area (Å²) in [4.78, 5) is 30.2. The Balaban J connectivity index is 1.91. The van der Waals surface area contributed by atoms with Gasteiger partial charge in [0.1, 0.15) is 25.4 Å². The number of rotatable bonds is 11. The quantitative estimate of drug-likeness (QED) is 0.357. The molecule has 34 heavy (non-hydrogen) atoms. The van der Waals surface area contributed by atoms with Crippen molar-refractivity contribution in [3.8, 4) is 11.5 Å². The van der Waals surface area contributed by atoms with Gasteiger partial charge in [-0.3, -0.25) is 0 Å². The monoisotopic (exact) mass is 469 g/mol. The van der Waals surface area contributed by atoms with Crippen LogP contribution in [0.2, 0.25) is 0 Å². The molecule has 0 aliphatic rings.